The molecule has 2 aromatic rings. The molecular formula is C12H14ClN3O3S. The maximum absolute atomic E-state index is 12.1. The second-order valence-corrected chi connectivity index (χ2v) is 6.90. The van der Waals surface area contributed by atoms with Crippen LogP contribution in [-0.4, -0.2) is 34.3 Å². The normalized spacial score (nSPS) is 13.3. The van der Waals surface area contributed by atoms with Crippen LogP contribution >= 0.6 is 11.6 Å². The lowest BCUT2D eigenvalue weighted by molar-refractivity contribution is 0.194. The highest BCUT2D eigenvalue weighted by molar-refractivity contribution is 7.91. The van der Waals surface area contributed by atoms with E-state index in [0.29, 0.717) is 10.7 Å². The van der Waals surface area contributed by atoms with Gasteiger partial charge in [-0.2, -0.15) is 0 Å². The highest BCUT2D eigenvalue weighted by atomic mass is 35.5. The summed E-state index contributed by atoms with van der Waals surface area (Å²) in [5.41, 5.74) is 0.411. The van der Waals surface area contributed by atoms with Crippen LogP contribution in [0.25, 0.3) is 0 Å². The largest absolute Gasteiger partial charge is 0.387 e. The summed E-state index contributed by atoms with van der Waals surface area (Å²) in [6, 6.07) is 6.02. The average molecular weight is 316 g/mol. The van der Waals surface area contributed by atoms with Crippen LogP contribution in [0, 0.1) is 0 Å². The van der Waals surface area contributed by atoms with Crippen LogP contribution in [0.1, 0.15) is 18.7 Å². The van der Waals surface area contributed by atoms with Gasteiger partial charge in [0.1, 0.15) is 5.69 Å². The van der Waals surface area contributed by atoms with Crippen molar-refractivity contribution in [3.63, 3.8) is 0 Å². The number of hydrogen-bond acceptors (Lipinski definition) is 5. The molecule has 0 radical (unpaired) electrons. The van der Waals surface area contributed by atoms with Crippen LogP contribution in [-0.2, 0) is 16.4 Å². The Morgan fingerprint density at radius 3 is 2.55 bits per heavy atom. The Morgan fingerprint density at radius 1 is 1.35 bits per heavy atom. The Morgan fingerprint density at radius 2 is 2.00 bits per heavy atom. The number of aliphatic hydroxyl groups excluding tert-OH is 1. The number of benzene rings is 1. The smallest absolute Gasteiger partial charge is 0.180 e. The van der Waals surface area contributed by atoms with Crippen molar-refractivity contribution in [2.45, 2.75) is 24.5 Å². The Bertz CT molecular complexity index is 680. The number of hydrogen-bond donors (Lipinski definition) is 1. The maximum Gasteiger partial charge on any atom is 0.180 e. The lowest BCUT2D eigenvalue weighted by atomic mass is 10.3. The van der Waals surface area contributed by atoms with Crippen LogP contribution in [0.4, 0.5) is 0 Å². The van der Waals surface area contributed by atoms with Gasteiger partial charge >= 0.3 is 0 Å². The van der Waals surface area contributed by atoms with Gasteiger partial charge in [0.05, 0.1) is 29.5 Å². The van der Waals surface area contributed by atoms with Crippen LogP contribution in [0.2, 0.25) is 5.02 Å². The van der Waals surface area contributed by atoms with Gasteiger partial charge in [-0.3, -0.25) is 4.68 Å². The lowest BCUT2D eigenvalue weighted by Crippen LogP contribution is -2.13. The van der Waals surface area contributed by atoms with Gasteiger partial charge in [-0.15, -0.1) is 5.10 Å². The Balaban J connectivity index is 2.07. The molecule has 0 spiro atoms. The molecule has 1 aromatic carbocycles. The highest BCUT2D eigenvalue weighted by Gasteiger charge is 2.15. The van der Waals surface area contributed by atoms with Crippen molar-refractivity contribution in [2.75, 3.05) is 5.75 Å². The third kappa shape index (κ3) is 3.56. The van der Waals surface area contributed by atoms with Gasteiger partial charge in [0, 0.05) is 5.02 Å². The molecule has 0 amide bonds. The minimum absolute atomic E-state index is 0.1000. The molecule has 8 heteroatoms. The monoisotopic (exact) mass is 315 g/mol. The fourth-order valence-electron chi connectivity index (χ4n) is 1.59. The standard InChI is InChI=1S/C12H14ClN3O3S/c1-9(17)12-8-16(15-14-12)6-7-20(18,19)11-4-2-10(13)3-5-11/h2-5,8-9,17H,6-7H2,1H3. The van der Waals surface area contributed by atoms with Crippen molar-refractivity contribution in [2.24, 2.45) is 0 Å². The summed E-state index contributed by atoms with van der Waals surface area (Å²) in [5, 5.41) is 17.3. The van der Waals surface area contributed by atoms with Gasteiger partial charge in [-0.1, -0.05) is 16.8 Å². The number of aliphatic hydroxyl groups is 1. The van der Waals surface area contributed by atoms with E-state index >= 15 is 0 Å². The summed E-state index contributed by atoms with van der Waals surface area (Å²) in [7, 11) is -3.40. The van der Waals surface area contributed by atoms with Crippen molar-refractivity contribution < 1.29 is 13.5 Å². The van der Waals surface area contributed by atoms with Crippen LogP contribution in [0.15, 0.2) is 35.4 Å². The van der Waals surface area contributed by atoms with Gasteiger partial charge in [0.2, 0.25) is 0 Å². The van der Waals surface area contributed by atoms with E-state index < -0.39 is 15.9 Å². The van der Waals surface area contributed by atoms with E-state index in [1.165, 1.54) is 35.1 Å². The molecule has 0 aliphatic carbocycles. The Kier molecular flexibility index (Phi) is 4.42. The molecule has 0 aliphatic rings. The molecule has 1 aromatic heterocycles. The third-order valence-electron chi connectivity index (χ3n) is 2.75. The lowest BCUT2D eigenvalue weighted by Gasteiger charge is -2.04. The number of halogens is 1. The number of aromatic nitrogens is 3. The van der Waals surface area contributed by atoms with Crippen molar-refractivity contribution >= 4 is 21.4 Å². The molecule has 1 atom stereocenters. The van der Waals surface area contributed by atoms with E-state index in [1.807, 2.05) is 0 Å². The summed E-state index contributed by atoms with van der Waals surface area (Å²) < 4.78 is 25.6. The van der Waals surface area contributed by atoms with Crippen molar-refractivity contribution in [3.8, 4) is 0 Å². The van der Waals surface area contributed by atoms with Crippen molar-refractivity contribution in [1.82, 2.24) is 15.0 Å². The first kappa shape index (κ1) is 15.0. The molecular weight excluding hydrogens is 302 g/mol. The van der Waals surface area contributed by atoms with Crippen LogP contribution in [0.5, 0.6) is 0 Å². The van der Waals surface area contributed by atoms with Crippen LogP contribution in [0.3, 0.4) is 0 Å². The fraction of sp³-hybridized carbons (Fsp3) is 0.333. The van der Waals surface area contributed by atoms with Gasteiger partial charge in [0.25, 0.3) is 0 Å². The van der Waals surface area contributed by atoms with Crippen molar-refractivity contribution in [3.05, 3.63) is 41.2 Å². The predicted molar refractivity (Wildman–Crippen MR) is 74.2 cm³/mol. The molecule has 1 heterocycles. The third-order valence-corrected chi connectivity index (χ3v) is 4.71. The van der Waals surface area contributed by atoms with Crippen molar-refractivity contribution in [1.29, 1.82) is 0 Å². The van der Waals surface area contributed by atoms with Gasteiger partial charge in [-0.05, 0) is 31.2 Å². The first-order chi connectivity index (χ1) is 9.38. The fourth-order valence-corrected chi connectivity index (χ4v) is 2.93. The van der Waals surface area contributed by atoms with Gasteiger partial charge in [0.15, 0.2) is 9.84 Å². The number of aryl methyl sites for hydroxylation is 1. The molecule has 0 aliphatic heterocycles. The van der Waals surface area contributed by atoms with Gasteiger partial charge in [-0.25, -0.2) is 8.42 Å². The Labute approximate surface area is 121 Å². The summed E-state index contributed by atoms with van der Waals surface area (Å²) >= 11 is 5.73. The molecule has 0 fully saturated rings. The second-order valence-electron chi connectivity index (χ2n) is 4.36. The zero-order valence-electron chi connectivity index (χ0n) is 10.8. The number of rotatable bonds is 5. The molecule has 20 heavy (non-hydrogen) atoms. The second kappa shape index (κ2) is 5.90. The molecule has 0 saturated carbocycles. The van der Waals surface area contributed by atoms with Gasteiger partial charge < -0.3 is 5.11 Å². The van der Waals surface area contributed by atoms with E-state index in [4.69, 9.17) is 11.6 Å². The van der Waals surface area contributed by atoms with E-state index in [-0.39, 0.29) is 17.2 Å². The molecule has 1 N–H and O–H groups in total. The molecule has 2 rings (SSSR count). The topological polar surface area (TPSA) is 85.1 Å². The molecule has 1 unspecified atom stereocenters. The predicted octanol–water partition coefficient (Wildman–Crippen LogP) is 1.46. The average Bonchev–Trinajstić information content (AvgIpc) is 2.86. The van der Waals surface area contributed by atoms with E-state index in [0.717, 1.165) is 0 Å². The minimum Gasteiger partial charge on any atom is -0.387 e. The Hall–Kier alpha value is -1.44. The summed E-state index contributed by atoms with van der Waals surface area (Å²) in [6.45, 7) is 1.74. The van der Waals surface area contributed by atoms with E-state index in [9.17, 15) is 13.5 Å². The summed E-state index contributed by atoms with van der Waals surface area (Å²) in [5.74, 6) is -0.1000. The molecule has 0 saturated heterocycles. The highest BCUT2D eigenvalue weighted by Crippen LogP contribution is 2.15. The zero-order valence-corrected chi connectivity index (χ0v) is 12.3. The summed E-state index contributed by atoms with van der Waals surface area (Å²) in [4.78, 5) is 0.220. The maximum atomic E-state index is 12.1. The quantitative estimate of drug-likeness (QED) is 0.903. The summed E-state index contributed by atoms with van der Waals surface area (Å²) in [6.07, 6.45) is 0.804. The molecule has 0 bridgehead atoms. The van der Waals surface area contributed by atoms with Crippen LogP contribution < -0.4 is 0 Å². The SMILES string of the molecule is CC(O)c1cn(CCS(=O)(=O)c2ccc(Cl)cc2)nn1. The first-order valence-corrected chi connectivity index (χ1v) is 7.98. The van der Waals surface area contributed by atoms with E-state index in [2.05, 4.69) is 10.3 Å². The number of nitrogens with zero attached hydrogens (tertiary/aromatic N) is 3. The van der Waals surface area contributed by atoms with E-state index in [1.54, 1.807) is 6.92 Å². The first-order valence-electron chi connectivity index (χ1n) is 5.95. The number of sulfone groups is 1. The molecule has 108 valence electrons. The zero-order chi connectivity index (χ0) is 14.8. The minimum atomic E-state index is -3.40. The molecule has 6 nitrogen and oxygen atoms in total.